The lowest BCUT2D eigenvalue weighted by atomic mass is 9.83. The summed E-state index contributed by atoms with van der Waals surface area (Å²) in [4.78, 5) is 0. The van der Waals surface area contributed by atoms with Crippen LogP contribution < -0.4 is 0 Å². The Balaban J connectivity index is 1.69. The van der Waals surface area contributed by atoms with E-state index >= 15 is 0 Å². The van der Waals surface area contributed by atoms with Gasteiger partial charge in [0.25, 0.3) is 0 Å². The molecule has 2 aromatic carbocycles. The van der Waals surface area contributed by atoms with Crippen molar-refractivity contribution >= 4 is 27.7 Å². The summed E-state index contributed by atoms with van der Waals surface area (Å²) in [5, 5.41) is 0.458. The number of rotatable bonds is 8. The highest BCUT2D eigenvalue weighted by Gasteiger charge is 2.32. The second-order valence-corrected chi connectivity index (χ2v) is 10.2. The number of hydrogen-bond acceptors (Lipinski definition) is 3. The molecule has 1 aliphatic rings. The van der Waals surface area contributed by atoms with Crippen LogP contribution in [0.2, 0.25) is 0 Å². The van der Waals surface area contributed by atoms with Crippen molar-refractivity contribution in [3.8, 4) is 0 Å². The van der Waals surface area contributed by atoms with Crippen LogP contribution in [-0.2, 0) is 21.8 Å². The predicted molar refractivity (Wildman–Crippen MR) is 141 cm³/mol. The van der Waals surface area contributed by atoms with Crippen molar-refractivity contribution in [2.45, 2.75) is 57.3 Å². The first-order valence-electron chi connectivity index (χ1n) is 11.1. The second-order valence-electron chi connectivity index (χ2n) is 8.07. The Kier molecular flexibility index (Phi) is 9.70. The molecule has 170 valence electrons. The van der Waals surface area contributed by atoms with Crippen LogP contribution >= 0.6 is 27.7 Å². The summed E-state index contributed by atoms with van der Waals surface area (Å²) in [6, 6.07) is 18.9. The third kappa shape index (κ3) is 6.63. The lowest BCUT2D eigenvalue weighted by Gasteiger charge is -2.35. The van der Waals surface area contributed by atoms with Gasteiger partial charge in [-0.25, -0.2) is 0 Å². The van der Waals surface area contributed by atoms with Gasteiger partial charge >= 0.3 is 0 Å². The zero-order chi connectivity index (χ0) is 22.9. The lowest BCUT2D eigenvalue weighted by Crippen LogP contribution is -2.33. The van der Waals surface area contributed by atoms with Gasteiger partial charge in [-0.1, -0.05) is 70.5 Å². The van der Waals surface area contributed by atoms with Crippen molar-refractivity contribution in [1.29, 1.82) is 0 Å². The molecule has 1 unspecified atom stereocenters. The molecule has 1 aliphatic carbocycles. The Labute approximate surface area is 205 Å². The van der Waals surface area contributed by atoms with E-state index in [2.05, 4.69) is 78.3 Å². The van der Waals surface area contributed by atoms with Crippen molar-refractivity contribution < 1.29 is 9.47 Å². The molecule has 0 aliphatic heterocycles. The van der Waals surface area contributed by atoms with Crippen molar-refractivity contribution in [2.24, 2.45) is 0 Å². The van der Waals surface area contributed by atoms with E-state index in [4.69, 9.17) is 9.47 Å². The van der Waals surface area contributed by atoms with E-state index in [0.29, 0.717) is 11.9 Å². The Hall–Kier alpha value is -1.75. The average molecular weight is 514 g/mol. The third-order valence-electron chi connectivity index (χ3n) is 5.85. The fourth-order valence-electron chi connectivity index (χ4n) is 4.19. The summed E-state index contributed by atoms with van der Waals surface area (Å²) >= 11 is 5.60. The van der Waals surface area contributed by atoms with Crippen molar-refractivity contribution in [2.75, 3.05) is 7.11 Å². The molecule has 32 heavy (non-hydrogen) atoms. The standard InChI is InChI=1S/C28H33BrO2S/c1-5-24-25(20(2)17-21(3)31-18-23-13-9-10-14-26(23)29)15-16-27(28(24)30-4)32-19-22-11-7-6-8-12-22/h5-14,17,27-28H,15-16,18-19H2,1-4H3/b21-17+,24-5?,25-20-/t27?,28-/m0/s1. The minimum Gasteiger partial charge on any atom is -0.494 e. The van der Waals surface area contributed by atoms with E-state index in [-0.39, 0.29) is 6.10 Å². The van der Waals surface area contributed by atoms with Gasteiger partial charge < -0.3 is 9.47 Å². The van der Waals surface area contributed by atoms with Crippen LogP contribution in [0.3, 0.4) is 0 Å². The van der Waals surface area contributed by atoms with E-state index < -0.39 is 0 Å². The molecule has 0 radical (unpaired) electrons. The van der Waals surface area contributed by atoms with Crippen molar-refractivity contribution in [1.82, 2.24) is 0 Å². The highest BCUT2D eigenvalue weighted by atomic mass is 79.9. The van der Waals surface area contributed by atoms with Gasteiger partial charge in [0.2, 0.25) is 0 Å². The van der Waals surface area contributed by atoms with Crippen LogP contribution in [0.4, 0.5) is 0 Å². The number of allylic oxidation sites excluding steroid dienone is 4. The fraction of sp³-hybridized carbons (Fsp3) is 0.357. The maximum Gasteiger partial charge on any atom is 0.114 e. The summed E-state index contributed by atoms with van der Waals surface area (Å²) in [6.07, 6.45) is 6.69. The average Bonchev–Trinajstić information content (AvgIpc) is 2.82. The monoisotopic (exact) mass is 512 g/mol. The van der Waals surface area contributed by atoms with Crippen LogP contribution in [0.5, 0.6) is 0 Å². The predicted octanol–water partition coefficient (Wildman–Crippen LogP) is 8.24. The Morgan fingerprint density at radius 3 is 2.50 bits per heavy atom. The van der Waals surface area contributed by atoms with Gasteiger partial charge in [0.1, 0.15) is 6.61 Å². The molecule has 4 heteroatoms. The minimum atomic E-state index is 0.113. The highest BCUT2D eigenvalue weighted by molar-refractivity contribution is 9.10. The molecule has 0 amide bonds. The molecule has 3 rings (SSSR count). The molecule has 0 N–H and O–H groups in total. The van der Waals surface area contributed by atoms with E-state index in [1.54, 1.807) is 0 Å². The molecule has 2 atom stereocenters. The van der Waals surface area contributed by atoms with Gasteiger partial charge in [-0.05, 0) is 68.0 Å². The first-order chi connectivity index (χ1) is 15.5. The summed E-state index contributed by atoms with van der Waals surface area (Å²) in [7, 11) is 1.84. The third-order valence-corrected chi connectivity index (χ3v) is 8.04. The number of benzene rings is 2. The normalized spacial score (nSPS) is 22.2. The molecule has 2 nitrogen and oxygen atoms in total. The van der Waals surface area contributed by atoms with Gasteiger partial charge in [0.15, 0.2) is 0 Å². The number of methoxy groups -OCH3 is 1. The van der Waals surface area contributed by atoms with Crippen LogP contribution in [0.1, 0.15) is 44.7 Å². The zero-order valence-electron chi connectivity index (χ0n) is 19.4. The summed E-state index contributed by atoms with van der Waals surface area (Å²) in [5.41, 5.74) is 6.48. The van der Waals surface area contributed by atoms with E-state index in [1.807, 2.05) is 44.0 Å². The quantitative estimate of drug-likeness (QED) is 0.331. The second kappa shape index (κ2) is 12.5. The molecule has 0 aromatic heterocycles. The fourth-order valence-corrected chi connectivity index (χ4v) is 5.90. The Morgan fingerprint density at radius 1 is 1.09 bits per heavy atom. The summed E-state index contributed by atoms with van der Waals surface area (Å²) < 4.78 is 13.1. The first kappa shape index (κ1) is 24.9. The maximum absolute atomic E-state index is 6.04. The maximum atomic E-state index is 6.04. The molecule has 0 bridgehead atoms. The highest BCUT2D eigenvalue weighted by Crippen LogP contribution is 2.40. The van der Waals surface area contributed by atoms with Gasteiger partial charge in [-0.2, -0.15) is 11.8 Å². The van der Waals surface area contributed by atoms with Gasteiger partial charge in [-0.3, -0.25) is 0 Å². The van der Waals surface area contributed by atoms with Crippen LogP contribution in [-0.4, -0.2) is 18.5 Å². The Bertz CT molecular complexity index is 978. The topological polar surface area (TPSA) is 18.5 Å². The lowest BCUT2D eigenvalue weighted by molar-refractivity contribution is 0.122. The minimum absolute atomic E-state index is 0.113. The van der Waals surface area contributed by atoms with E-state index in [1.165, 1.54) is 22.3 Å². The SMILES string of the molecule is CC=C1/C(=C(C)\C=C(/C)OCc2ccccc2Br)CCC(SCc2ccccc2)[C@H]1OC. The van der Waals surface area contributed by atoms with Crippen LogP contribution in [0, 0.1) is 0 Å². The number of thioether (sulfide) groups is 1. The number of ether oxygens (including phenoxy) is 2. The van der Waals surface area contributed by atoms with E-state index in [9.17, 15) is 0 Å². The summed E-state index contributed by atoms with van der Waals surface area (Å²) in [5.74, 6) is 1.94. The van der Waals surface area contributed by atoms with E-state index in [0.717, 1.165) is 34.4 Å². The largest absolute Gasteiger partial charge is 0.494 e. The molecule has 0 heterocycles. The smallest absolute Gasteiger partial charge is 0.114 e. The van der Waals surface area contributed by atoms with Crippen molar-refractivity contribution in [3.63, 3.8) is 0 Å². The molecule has 0 saturated heterocycles. The van der Waals surface area contributed by atoms with Crippen molar-refractivity contribution in [3.05, 3.63) is 105 Å². The van der Waals surface area contributed by atoms with Gasteiger partial charge in [-0.15, -0.1) is 0 Å². The van der Waals surface area contributed by atoms with Gasteiger partial charge in [0.05, 0.1) is 11.9 Å². The van der Waals surface area contributed by atoms with Crippen LogP contribution in [0.25, 0.3) is 0 Å². The molecular weight excluding hydrogens is 480 g/mol. The first-order valence-corrected chi connectivity index (χ1v) is 13.0. The molecule has 2 aromatic rings. The molecule has 1 fully saturated rings. The zero-order valence-corrected chi connectivity index (χ0v) is 21.8. The van der Waals surface area contributed by atoms with Crippen LogP contribution in [0.15, 0.2) is 93.7 Å². The molecule has 0 spiro atoms. The number of hydrogen-bond donors (Lipinski definition) is 0. The number of halogens is 1. The Morgan fingerprint density at radius 2 is 1.81 bits per heavy atom. The van der Waals surface area contributed by atoms with Gasteiger partial charge in [0, 0.05) is 28.1 Å². The molecular formula is C28H33BrO2S. The molecule has 1 saturated carbocycles. The summed E-state index contributed by atoms with van der Waals surface area (Å²) in [6.45, 7) is 6.90.